The lowest BCUT2D eigenvalue weighted by molar-refractivity contribution is 0.0994. The number of carbonyl (C=O) groups is 1. The number of aromatic nitrogens is 2. The molecule has 5 heteroatoms. The third-order valence-electron chi connectivity index (χ3n) is 0.882. The van der Waals surface area contributed by atoms with E-state index in [-0.39, 0.29) is 11.4 Å². The van der Waals surface area contributed by atoms with Crippen molar-refractivity contribution in [2.75, 3.05) is 0 Å². The molecule has 0 aliphatic carbocycles. The van der Waals surface area contributed by atoms with E-state index in [4.69, 9.17) is 5.73 Å². The van der Waals surface area contributed by atoms with Crippen molar-refractivity contribution >= 4 is 5.91 Å². The van der Waals surface area contributed by atoms with Crippen molar-refractivity contribution in [1.82, 2.24) is 10.2 Å². The fourth-order valence-electron chi connectivity index (χ4n) is 0.469. The summed E-state index contributed by atoms with van der Waals surface area (Å²) in [5, 5.41) is 17.0. The molecule has 0 spiro atoms. The second kappa shape index (κ2) is 2.30. The first kappa shape index (κ1) is 6.47. The van der Waals surface area contributed by atoms with Crippen molar-refractivity contribution in [2.45, 2.75) is 0 Å². The van der Waals surface area contributed by atoms with E-state index in [0.29, 0.717) is 0 Å². The molecule has 0 bridgehead atoms. The summed E-state index contributed by atoms with van der Waals surface area (Å²) in [6.07, 6.45) is 1.01. The van der Waals surface area contributed by atoms with Gasteiger partial charge < -0.3 is 5.73 Å². The molecule has 0 aromatic carbocycles. The molecule has 0 fully saturated rings. The molecule has 0 unspecified atom stereocenters. The summed E-state index contributed by atoms with van der Waals surface area (Å²) in [6, 6.07) is 1.04. The topological polar surface area (TPSA) is 88.8 Å². The Bertz CT molecular complexity index is 261. The molecule has 1 radical (unpaired) electrons. The zero-order valence-corrected chi connectivity index (χ0v) is 4.94. The Kier molecular flexibility index (Phi) is 1.49. The highest BCUT2D eigenvalue weighted by molar-refractivity contribution is 5.90. The van der Waals surface area contributed by atoms with Crippen LogP contribution in [0.4, 0.5) is 0 Å². The van der Waals surface area contributed by atoms with E-state index >= 15 is 0 Å². The number of rotatable bonds is 1. The lowest BCUT2D eigenvalue weighted by atomic mass is 10.4. The van der Waals surface area contributed by atoms with Crippen molar-refractivity contribution in [3.63, 3.8) is 0 Å². The van der Waals surface area contributed by atoms with Gasteiger partial charge >= 0.3 is 0 Å². The molecule has 1 aromatic rings. The van der Waals surface area contributed by atoms with E-state index in [1.54, 1.807) is 0 Å². The van der Waals surface area contributed by atoms with Crippen LogP contribution in [-0.2, 0) is 5.11 Å². The normalized spacial score (nSPS) is 9.20. The zero-order valence-electron chi connectivity index (χ0n) is 4.94. The second-order valence-corrected chi connectivity index (χ2v) is 1.64. The van der Waals surface area contributed by atoms with Crippen LogP contribution in [0.5, 0.6) is 5.75 Å². The molecule has 0 saturated carbocycles. The van der Waals surface area contributed by atoms with Crippen molar-refractivity contribution in [1.29, 1.82) is 0 Å². The van der Waals surface area contributed by atoms with Crippen LogP contribution in [0.25, 0.3) is 0 Å². The smallest absolute Gasteiger partial charge is 0.269 e. The fourth-order valence-corrected chi connectivity index (χ4v) is 0.469. The lowest BCUT2D eigenvalue weighted by Gasteiger charge is -1.89. The first-order valence-corrected chi connectivity index (χ1v) is 2.49. The molecule has 51 valence electrons. The Hall–Kier alpha value is -1.65. The molecular weight excluding hydrogens is 134 g/mol. The van der Waals surface area contributed by atoms with E-state index in [1.165, 1.54) is 0 Å². The van der Waals surface area contributed by atoms with Crippen LogP contribution < -0.4 is 5.73 Å². The largest absolute Gasteiger partial charge is 0.364 e. The van der Waals surface area contributed by atoms with Crippen molar-refractivity contribution < 1.29 is 9.90 Å². The predicted octanol–water partition coefficient (Wildman–Crippen LogP) is -0.281. The highest BCUT2D eigenvalue weighted by Gasteiger charge is 2.02. The average molecular weight is 138 g/mol. The van der Waals surface area contributed by atoms with Gasteiger partial charge in [-0.25, -0.2) is 0 Å². The highest BCUT2D eigenvalue weighted by Crippen LogP contribution is 2.05. The van der Waals surface area contributed by atoms with Gasteiger partial charge in [-0.05, 0) is 0 Å². The number of hydrogen-bond donors (Lipinski definition) is 1. The summed E-state index contributed by atoms with van der Waals surface area (Å²) in [7, 11) is 0. The standard InChI is InChI=1S/C5H4N3O2/c6-5(10)4-1-3(9)2-7-8-4/h1-2H,(H2,6,10). The molecule has 0 atom stereocenters. The van der Waals surface area contributed by atoms with Gasteiger partial charge in [-0.2, -0.15) is 5.10 Å². The maximum Gasteiger partial charge on any atom is 0.269 e. The number of nitrogens with zero attached hydrogens (tertiary/aromatic N) is 2. The minimum Gasteiger partial charge on any atom is -0.364 e. The van der Waals surface area contributed by atoms with Crippen LogP contribution >= 0.6 is 0 Å². The third kappa shape index (κ3) is 1.19. The average Bonchev–Trinajstić information content (AvgIpc) is 1.88. The number of primary amides is 1. The first-order chi connectivity index (χ1) is 4.70. The molecule has 5 nitrogen and oxygen atoms in total. The quantitative estimate of drug-likeness (QED) is 0.578. The van der Waals surface area contributed by atoms with Gasteiger partial charge in [-0.1, -0.05) is 0 Å². The van der Waals surface area contributed by atoms with Crippen LogP contribution in [-0.4, -0.2) is 16.1 Å². The van der Waals surface area contributed by atoms with Crippen molar-refractivity contribution in [3.8, 4) is 5.75 Å². The Morgan fingerprint density at radius 3 is 2.70 bits per heavy atom. The van der Waals surface area contributed by atoms with Crippen LogP contribution in [0, 0.1) is 0 Å². The van der Waals surface area contributed by atoms with Crippen molar-refractivity contribution in [3.05, 3.63) is 18.0 Å². The third-order valence-corrected chi connectivity index (χ3v) is 0.882. The van der Waals surface area contributed by atoms with Crippen molar-refractivity contribution in [2.24, 2.45) is 5.73 Å². The van der Waals surface area contributed by atoms with E-state index in [0.717, 1.165) is 12.3 Å². The number of amides is 1. The van der Waals surface area contributed by atoms with E-state index in [1.807, 2.05) is 0 Å². The van der Waals surface area contributed by atoms with Gasteiger partial charge in [0.25, 0.3) is 5.91 Å². The summed E-state index contributed by atoms with van der Waals surface area (Å²) >= 11 is 0. The molecule has 2 N–H and O–H groups in total. The Balaban J connectivity index is 3.07. The summed E-state index contributed by atoms with van der Waals surface area (Å²) in [5.74, 6) is -1.12. The number of hydrogen-bond acceptors (Lipinski definition) is 3. The number of nitrogens with two attached hydrogens (primary N) is 1. The molecule has 0 aliphatic heterocycles. The molecular formula is C5H4N3O2. The van der Waals surface area contributed by atoms with E-state index in [2.05, 4.69) is 10.2 Å². The van der Waals surface area contributed by atoms with Crippen LogP contribution in [0.1, 0.15) is 10.5 Å². The summed E-state index contributed by atoms with van der Waals surface area (Å²) in [5.41, 5.74) is 4.70. The maximum atomic E-state index is 10.5. The van der Waals surface area contributed by atoms with E-state index in [9.17, 15) is 9.90 Å². The van der Waals surface area contributed by atoms with Gasteiger partial charge in [0, 0.05) is 6.07 Å². The van der Waals surface area contributed by atoms with Gasteiger partial charge in [-0.15, -0.1) is 5.10 Å². The van der Waals surface area contributed by atoms with Crippen LogP contribution in [0.15, 0.2) is 12.3 Å². The molecule has 0 aliphatic rings. The van der Waals surface area contributed by atoms with Gasteiger partial charge in [0.2, 0.25) is 5.75 Å². The molecule has 1 rings (SSSR count). The minimum absolute atomic E-state index is 0.104. The van der Waals surface area contributed by atoms with Gasteiger partial charge in [-0.3, -0.25) is 9.90 Å². The zero-order chi connectivity index (χ0) is 7.56. The molecule has 1 heterocycles. The predicted molar refractivity (Wildman–Crippen MR) is 30.7 cm³/mol. The highest BCUT2D eigenvalue weighted by atomic mass is 16.3. The summed E-state index contributed by atoms with van der Waals surface area (Å²) < 4.78 is 0. The van der Waals surface area contributed by atoms with Gasteiger partial charge in [0.1, 0.15) is 0 Å². The second-order valence-electron chi connectivity index (χ2n) is 1.64. The Morgan fingerprint density at radius 2 is 2.30 bits per heavy atom. The minimum atomic E-state index is -0.745. The molecule has 10 heavy (non-hydrogen) atoms. The van der Waals surface area contributed by atoms with Crippen LogP contribution in [0.3, 0.4) is 0 Å². The van der Waals surface area contributed by atoms with E-state index < -0.39 is 5.91 Å². The summed E-state index contributed by atoms with van der Waals surface area (Å²) in [4.78, 5) is 10.3. The molecule has 1 amide bonds. The SMILES string of the molecule is NC(=O)c1cc([O])cnn1. The van der Waals surface area contributed by atoms with Crippen LogP contribution in [0.2, 0.25) is 0 Å². The number of carbonyl (C=O) groups excluding carboxylic acids is 1. The molecule has 0 saturated heterocycles. The lowest BCUT2D eigenvalue weighted by Crippen LogP contribution is -2.13. The molecule has 1 aromatic heterocycles. The first-order valence-electron chi connectivity index (χ1n) is 2.49. The van der Waals surface area contributed by atoms with Gasteiger partial charge in [0.15, 0.2) is 5.69 Å². The Labute approximate surface area is 56.5 Å². The monoisotopic (exact) mass is 138 g/mol. The Morgan fingerprint density at radius 1 is 1.60 bits per heavy atom. The fraction of sp³-hybridized carbons (Fsp3) is 0. The van der Waals surface area contributed by atoms with Gasteiger partial charge in [0.05, 0.1) is 6.20 Å². The maximum absolute atomic E-state index is 10.5. The summed E-state index contributed by atoms with van der Waals surface area (Å²) in [6.45, 7) is 0.